The van der Waals surface area contributed by atoms with Crippen molar-refractivity contribution in [2.45, 2.75) is 19.1 Å². The molecule has 0 radical (unpaired) electrons. The van der Waals surface area contributed by atoms with Gasteiger partial charge in [0.1, 0.15) is 28.9 Å². The number of carboxylic acid groups (broad SMARTS) is 1. The highest BCUT2D eigenvalue weighted by Gasteiger charge is 2.24. The van der Waals surface area contributed by atoms with Crippen LogP contribution in [0.4, 0.5) is 15.8 Å². The second-order valence-corrected chi connectivity index (χ2v) is 9.79. The Kier molecular flexibility index (Phi) is 11.6. The number of carboxylic acids is 1. The Labute approximate surface area is 275 Å². The Morgan fingerprint density at radius 3 is 2.31 bits per heavy atom. The molecule has 18 heteroatoms. The summed E-state index contributed by atoms with van der Waals surface area (Å²) in [6.45, 7) is 0.379. The summed E-state index contributed by atoms with van der Waals surface area (Å²) in [5, 5.41) is 18.2. The van der Waals surface area contributed by atoms with Crippen LogP contribution in [0.3, 0.4) is 0 Å². The van der Waals surface area contributed by atoms with Crippen molar-refractivity contribution in [1.82, 2.24) is 19.9 Å². The summed E-state index contributed by atoms with van der Waals surface area (Å²) in [7, 11) is 1.23. The lowest BCUT2D eigenvalue weighted by Crippen LogP contribution is -2.38. The first kappa shape index (κ1) is 36.3. The summed E-state index contributed by atoms with van der Waals surface area (Å²) in [6, 6.07) is 11.5. The molecule has 2 amide bonds. The third-order valence-corrected chi connectivity index (χ3v) is 6.78. The van der Waals surface area contributed by atoms with Crippen LogP contribution in [0.25, 0.3) is 5.65 Å². The second-order valence-electron chi connectivity index (χ2n) is 9.79. The standard InChI is InChI=1S/C18H15N5O6.C12H12FN3O2.ClH/c1-29-18(28)10-4-2-9(3-5-10)14(15(19)24)22-16(25)11-8-12(17(26)27)23-13(21-11)6-7-20-23;13-8-2-1-6(4-14)3-7(8)5-16-10-9(15)11(17)12(10)18;/h2-8,14H,1H3,(H2,19,24)(H,22,25)(H,26,27);1-3,16H,4-5,14-15H2;1H/t14-;;/m1../s1. The van der Waals surface area contributed by atoms with Crippen LogP contribution in [-0.2, 0) is 22.6 Å². The molecular formula is C30H28ClFN8O8. The molecular weight excluding hydrogens is 655 g/mol. The fourth-order valence-corrected chi connectivity index (χ4v) is 4.29. The number of aromatic carboxylic acids is 1. The monoisotopic (exact) mass is 682 g/mol. The maximum absolute atomic E-state index is 13.5. The van der Waals surface area contributed by atoms with Crippen LogP contribution in [0.15, 0.2) is 70.4 Å². The first-order chi connectivity index (χ1) is 22.4. The van der Waals surface area contributed by atoms with Gasteiger partial charge in [-0.3, -0.25) is 19.2 Å². The number of fused-ring (bicyclic) bond motifs is 1. The second kappa shape index (κ2) is 15.4. The number of rotatable bonds is 10. The van der Waals surface area contributed by atoms with E-state index in [0.29, 0.717) is 17.7 Å². The number of nitrogens with zero attached hydrogens (tertiary/aromatic N) is 3. The zero-order valence-electron chi connectivity index (χ0n) is 24.9. The minimum atomic E-state index is -1.31. The van der Waals surface area contributed by atoms with Gasteiger partial charge in [0, 0.05) is 30.8 Å². The van der Waals surface area contributed by atoms with E-state index in [2.05, 4.69) is 25.5 Å². The average molecular weight is 683 g/mol. The number of benzene rings is 2. The SMILES string of the molecule is COC(=O)c1ccc([C@@H](NC(=O)c2cc(C(=O)O)n3nccc3n2)C(N)=O)cc1.Cl.NCc1ccc(F)c(CNc2c(N)c(=O)c2=O)c1. The molecule has 9 N–H and O–H groups in total. The lowest BCUT2D eigenvalue weighted by atomic mass is 10.0. The van der Waals surface area contributed by atoms with Crippen LogP contribution >= 0.6 is 12.4 Å². The molecule has 16 nitrogen and oxygen atoms in total. The van der Waals surface area contributed by atoms with E-state index >= 15 is 0 Å². The minimum Gasteiger partial charge on any atom is -0.477 e. The molecule has 0 saturated carbocycles. The highest BCUT2D eigenvalue weighted by atomic mass is 35.5. The van der Waals surface area contributed by atoms with E-state index in [1.807, 2.05) is 0 Å². The quantitative estimate of drug-likeness (QED) is 0.0874. The number of aromatic nitrogens is 3. The van der Waals surface area contributed by atoms with Crippen molar-refractivity contribution >= 4 is 53.2 Å². The number of anilines is 2. The zero-order valence-corrected chi connectivity index (χ0v) is 25.7. The van der Waals surface area contributed by atoms with Crippen LogP contribution in [0.5, 0.6) is 0 Å². The number of primary amides is 1. The number of halogens is 2. The molecule has 0 aliphatic heterocycles. The van der Waals surface area contributed by atoms with E-state index in [9.17, 15) is 38.3 Å². The first-order valence-corrected chi connectivity index (χ1v) is 13.5. The summed E-state index contributed by atoms with van der Waals surface area (Å²) in [6.07, 6.45) is 1.34. The molecule has 5 rings (SSSR count). The van der Waals surface area contributed by atoms with Gasteiger partial charge in [-0.25, -0.2) is 23.5 Å². The number of methoxy groups -OCH3 is 1. The van der Waals surface area contributed by atoms with Crippen molar-refractivity contribution in [2.75, 3.05) is 18.2 Å². The smallest absolute Gasteiger partial charge is 0.354 e. The van der Waals surface area contributed by atoms with Crippen molar-refractivity contribution in [2.24, 2.45) is 11.5 Å². The maximum Gasteiger partial charge on any atom is 0.354 e. The molecule has 0 bridgehead atoms. The van der Waals surface area contributed by atoms with Crippen molar-refractivity contribution in [3.63, 3.8) is 0 Å². The molecule has 250 valence electrons. The van der Waals surface area contributed by atoms with Gasteiger partial charge in [-0.1, -0.05) is 18.2 Å². The first-order valence-electron chi connectivity index (χ1n) is 13.5. The number of nitrogen functional groups attached to an aromatic ring is 1. The fourth-order valence-electron chi connectivity index (χ4n) is 4.29. The normalized spacial score (nSPS) is 11.1. The predicted molar refractivity (Wildman–Crippen MR) is 172 cm³/mol. The average Bonchev–Trinajstić information content (AvgIpc) is 3.56. The number of nitrogens with two attached hydrogens (primary N) is 3. The van der Waals surface area contributed by atoms with Gasteiger partial charge in [0.15, 0.2) is 11.3 Å². The van der Waals surface area contributed by atoms with Gasteiger partial charge < -0.3 is 37.7 Å². The summed E-state index contributed by atoms with van der Waals surface area (Å²) < 4.78 is 19.1. The lowest BCUT2D eigenvalue weighted by molar-refractivity contribution is -0.120. The van der Waals surface area contributed by atoms with E-state index in [1.54, 1.807) is 12.1 Å². The molecule has 1 atom stereocenters. The van der Waals surface area contributed by atoms with Crippen molar-refractivity contribution < 1.29 is 33.4 Å². The van der Waals surface area contributed by atoms with Crippen LogP contribution in [0.2, 0.25) is 0 Å². The van der Waals surface area contributed by atoms with Crippen LogP contribution < -0.4 is 38.7 Å². The Morgan fingerprint density at radius 1 is 1.04 bits per heavy atom. The highest BCUT2D eigenvalue weighted by molar-refractivity contribution is 5.98. The number of hydrogen-bond acceptors (Lipinski definition) is 12. The number of carbonyl (C=O) groups excluding carboxylic acids is 3. The Bertz CT molecular complexity index is 2080. The van der Waals surface area contributed by atoms with Gasteiger partial charge in [-0.15, -0.1) is 12.4 Å². The van der Waals surface area contributed by atoms with Crippen molar-refractivity contribution in [3.8, 4) is 0 Å². The predicted octanol–water partition coefficient (Wildman–Crippen LogP) is 0.667. The van der Waals surface area contributed by atoms with E-state index in [4.69, 9.17) is 17.2 Å². The minimum absolute atomic E-state index is 0. The fraction of sp³-hybridized carbons (Fsp3) is 0.133. The molecule has 0 fully saturated rings. The molecule has 0 aliphatic carbocycles. The van der Waals surface area contributed by atoms with Crippen LogP contribution in [0.1, 0.15) is 54.1 Å². The topological polar surface area (TPSA) is 264 Å². The molecule has 0 saturated heterocycles. The van der Waals surface area contributed by atoms with Crippen molar-refractivity contribution in [3.05, 3.63) is 121 Å². The third-order valence-electron chi connectivity index (χ3n) is 6.78. The molecule has 0 spiro atoms. The number of carbonyl (C=O) groups is 4. The molecule has 48 heavy (non-hydrogen) atoms. The van der Waals surface area contributed by atoms with Gasteiger partial charge >= 0.3 is 11.9 Å². The van der Waals surface area contributed by atoms with E-state index in [0.717, 1.165) is 16.1 Å². The number of ether oxygens (including phenoxy) is 1. The van der Waals surface area contributed by atoms with Crippen LogP contribution in [0, 0.1) is 5.82 Å². The number of nitrogens with one attached hydrogen (secondary N) is 2. The van der Waals surface area contributed by atoms with Gasteiger partial charge in [-0.2, -0.15) is 5.10 Å². The molecule has 0 unspecified atom stereocenters. The number of amides is 2. The molecule has 5 aromatic rings. The summed E-state index contributed by atoms with van der Waals surface area (Å²) >= 11 is 0. The van der Waals surface area contributed by atoms with Gasteiger partial charge in [0.2, 0.25) is 5.91 Å². The maximum atomic E-state index is 13.5. The summed E-state index contributed by atoms with van der Waals surface area (Å²) in [5.41, 5.74) is 16.2. The Morgan fingerprint density at radius 2 is 1.73 bits per heavy atom. The molecule has 3 aromatic carbocycles. The lowest BCUT2D eigenvalue weighted by Gasteiger charge is -2.16. The molecule has 2 aromatic heterocycles. The van der Waals surface area contributed by atoms with Gasteiger partial charge in [-0.05, 0) is 35.4 Å². The van der Waals surface area contributed by atoms with E-state index in [-0.39, 0.29) is 52.9 Å². The summed E-state index contributed by atoms with van der Waals surface area (Å²) in [5.74, 6) is -3.93. The summed E-state index contributed by atoms with van der Waals surface area (Å²) in [4.78, 5) is 73.5. The highest BCUT2D eigenvalue weighted by Crippen LogP contribution is 2.17. The Balaban J connectivity index is 0.000000283. The van der Waals surface area contributed by atoms with Crippen LogP contribution in [-0.4, -0.2) is 50.6 Å². The third kappa shape index (κ3) is 7.77. The zero-order chi connectivity index (χ0) is 34.4. The van der Waals surface area contributed by atoms with Gasteiger partial charge in [0.05, 0.1) is 18.9 Å². The van der Waals surface area contributed by atoms with E-state index in [1.165, 1.54) is 49.7 Å². The Hall–Kier alpha value is -6.20. The molecule has 2 heterocycles. The molecule has 0 aliphatic rings. The van der Waals surface area contributed by atoms with E-state index < -0.39 is 46.5 Å². The number of hydrogen-bond donors (Lipinski definition) is 6. The largest absolute Gasteiger partial charge is 0.477 e. The van der Waals surface area contributed by atoms with Crippen molar-refractivity contribution in [1.29, 1.82) is 0 Å². The van der Waals surface area contributed by atoms with Gasteiger partial charge in [0.25, 0.3) is 16.8 Å². The number of esters is 1.